The van der Waals surface area contributed by atoms with Gasteiger partial charge < -0.3 is 10.6 Å². The van der Waals surface area contributed by atoms with Gasteiger partial charge in [0.25, 0.3) is 0 Å². The van der Waals surface area contributed by atoms with Gasteiger partial charge in [0, 0.05) is 31.7 Å². The Hall–Kier alpha value is -1.14. The summed E-state index contributed by atoms with van der Waals surface area (Å²) in [5.74, 6) is 0.275. The highest BCUT2D eigenvalue weighted by molar-refractivity contribution is 5.95. The van der Waals surface area contributed by atoms with E-state index in [1.54, 1.807) is 0 Å². The summed E-state index contributed by atoms with van der Waals surface area (Å²) in [6, 6.07) is 0.178. The van der Waals surface area contributed by atoms with Gasteiger partial charge in [-0.15, -0.1) is 0 Å². The number of carbonyl (C=O) groups excluding carboxylic acids is 2. The van der Waals surface area contributed by atoms with E-state index in [1.807, 2.05) is 0 Å². The van der Waals surface area contributed by atoms with Crippen molar-refractivity contribution in [3.63, 3.8) is 0 Å². The third-order valence-electron chi connectivity index (χ3n) is 4.67. The molecule has 0 aromatic carbocycles. The maximum Gasteiger partial charge on any atom is 0.321 e. The highest BCUT2D eigenvalue weighted by atomic mass is 16.2. The van der Waals surface area contributed by atoms with Gasteiger partial charge in [-0.2, -0.15) is 0 Å². The fourth-order valence-electron chi connectivity index (χ4n) is 3.20. The van der Waals surface area contributed by atoms with E-state index in [2.05, 4.69) is 34.7 Å². The maximum absolute atomic E-state index is 12.0. The topological polar surface area (TPSA) is 73.5 Å². The molecular weight excluding hydrogens is 268 g/mol. The normalized spacial score (nSPS) is 30.7. The molecule has 1 aliphatic heterocycles. The quantitative estimate of drug-likeness (QED) is 0.716. The molecule has 3 N–H and O–H groups in total. The molecule has 0 spiro atoms. The third-order valence-corrected chi connectivity index (χ3v) is 4.67. The summed E-state index contributed by atoms with van der Waals surface area (Å²) in [6.07, 6.45) is 4.55. The molecule has 1 heterocycles. The van der Waals surface area contributed by atoms with Crippen LogP contribution >= 0.6 is 0 Å². The molecule has 0 bridgehead atoms. The predicted octanol–water partition coefficient (Wildman–Crippen LogP) is 0.685. The molecule has 1 aliphatic carbocycles. The van der Waals surface area contributed by atoms with Gasteiger partial charge >= 0.3 is 6.03 Å². The first-order valence-corrected chi connectivity index (χ1v) is 8.11. The van der Waals surface area contributed by atoms with Crippen LogP contribution in [0.3, 0.4) is 0 Å². The molecule has 2 rings (SSSR count). The fourth-order valence-corrected chi connectivity index (χ4v) is 3.20. The lowest BCUT2D eigenvalue weighted by Gasteiger charge is -2.33. The minimum atomic E-state index is -0.346. The molecule has 120 valence electrons. The van der Waals surface area contributed by atoms with Crippen LogP contribution in [-0.2, 0) is 4.79 Å². The lowest BCUT2D eigenvalue weighted by Crippen LogP contribution is -2.54. The zero-order valence-corrected chi connectivity index (χ0v) is 13.2. The Kier molecular flexibility index (Phi) is 5.99. The van der Waals surface area contributed by atoms with Crippen molar-refractivity contribution in [3.8, 4) is 0 Å². The van der Waals surface area contributed by atoms with Crippen LogP contribution in [0.1, 0.15) is 39.5 Å². The van der Waals surface area contributed by atoms with Crippen molar-refractivity contribution < 1.29 is 9.59 Å². The molecule has 2 aliphatic rings. The summed E-state index contributed by atoms with van der Waals surface area (Å²) in [6.45, 7) is 7.16. The predicted molar refractivity (Wildman–Crippen MR) is 82.0 cm³/mol. The monoisotopic (exact) mass is 296 g/mol. The van der Waals surface area contributed by atoms with Crippen LogP contribution in [0.4, 0.5) is 4.79 Å². The third kappa shape index (κ3) is 4.97. The summed E-state index contributed by atoms with van der Waals surface area (Å²) >= 11 is 0. The van der Waals surface area contributed by atoms with Crippen LogP contribution in [0.25, 0.3) is 0 Å². The largest absolute Gasteiger partial charge is 0.335 e. The number of urea groups is 1. The molecule has 6 heteroatoms. The Bertz CT molecular complexity index is 341. The average Bonchev–Trinajstić information content (AvgIpc) is 2.44. The number of rotatable bonds is 3. The molecule has 3 atom stereocenters. The van der Waals surface area contributed by atoms with Gasteiger partial charge in [0.2, 0.25) is 5.91 Å². The second-order valence-corrected chi connectivity index (χ2v) is 6.41. The molecule has 0 aromatic heterocycles. The maximum atomic E-state index is 12.0. The van der Waals surface area contributed by atoms with Crippen LogP contribution in [-0.4, -0.2) is 55.1 Å². The van der Waals surface area contributed by atoms with Crippen LogP contribution in [0.5, 0.6) is 0 Å². The van der Waals surface area contributed by atoms with Crippen LogP contribution in [0, 0.1) is 5.92 Å². The number of hydrogen-bond donors (Lipinski definition) is 3. The van der Waals surface area contributed by atoms with E-state index in [0.29, 0.717) is 12.0 Å². The van der Waals surface area contributed by atoms with E-state index in [-0.39, 0.29) is 24.5 Å². The summed E-state index contributed by atoms with van der Waals surface area (Å²) in [5, 5.41) is 8.70. The summed E-state index contributed by atoms with van der Waals surface area (Å²) in [5.41, 5.74) is 0. The van der Waals surface area contributed by atoms with E-state index in [1.165, 1.54) is 6.42 Å². The molecule has 0 aromatic rings. The van der Waals surface area contributed by atoms with Crippen LogP contribution in [0.2, 0.25) is 0 Å². The van der Waals surface area contributed by atoms with Gasteiger partial charge in [-0.1, -0.05) is 19.8 Å². The van der Waals surface area contributed by atoms with Gasteiger partial charge in [0.1, 0.15) is 0 Å². The summed E-state index contributed by atoms with van der Waals surface area (Å²) in [7, 11) is 0. The second kappa shape index (κ2) is 7.75. The second-order valence-electron chi connectivity index (χ2n) is 6.41. The number of nitrogens with one attached hydrogen (secondary N) is 3. The summed E-state index contributed by atoms with van der Waals surface area (Å²) in [4.78, 5) is 26.0. The zero-order valence-electron chi connectivity index (χ0n) is 13.2. The Morgan fingerprint density at radius 3 is 2.71 bits per heavy atom. The van der Waals surface area contributed by atoms with Crippen LogP contribution in [0.15, 0.2) is 0 Å². The Labute approximate surface area is 127 Å². The van der Waals surface area contributed by atoms with Crippen molar-refractivity contribution in [3.05, 3.63) is 0 Å². The molecule has 2 fully saturated rings. The minimum Gasteiger partial charge on any atom is -0.335 e. The van der Waals surface area contributed by atoms with Crippen molar-refractivity contribution >= 4 is 11.9 Å². The lowest BCUT2D eigenvalue weighted by atomic mass is 9.86. The van der Waals surface area contributed by atoms with Crippen molar-refractivity contribution in [2.45, 2.75) is 51.6 Å². The SMILES string of the molecule is CC1CCCCC1NC(=O)NC(=O)CN1CCNC[C@H]1C. The van der Waals surface area contributed by atoms with E-state index < -0.39 is 0 Å². The number of nitrogens with zero attached hydrogens (tertiary/aromatic N) is 1. The average molecular weight is 296 g/mol. The molecule has 1 saturated carbocycles. The minimum absolute atomic E-state index is 0.199. The molecule has 6 nitrogen and oxygen atoms in total. The first-order valence-electron chi connectivity index (χ1n) is 8.11. The van der Waals surface area contributed by atoms with Crippen molar-refractivity contribution in [1.29, 1.82) is 0 Å². The van der Waals surface area contributed by atoms with E-state index >= 15 is 0 Å². The molecule has 0 radical (unpaired) electrons. The zero-order chi connectivity index (χ0) is 15.2. The number of hydrogen-bond acceptors (Lipinski definition) is 4. The van der Waals surface area contributed by atoms with E-state index in [0.717, 1.165) is 38.9 Å². The van der Waals surface area contributed by atoms with Gasteiger partial charge in [0.15, 0.2) is 0 Å². The Morgan fingerprint density at radius 2 is 2.00 bits per heavy atom. The van der Waals surface area contributed by atoms with Crippen molar-refractivity contribution in [1.82, 2.24) is 20.9 Å². The fraction of sp³-hybridized carbons (Fsp3) is 0.867. The van der Waals surface area contributed by atoms with Crippen molar-refractivity contribution in [2.24, 2.45) is 5.92 Å². The van der Waals surface area contributed by atoms with Crippen molar-refractivity contribution in [2.75, 3.05) is 26.2 Å². The standard InChI is InChI=1S/C15H28N4O2/c1-11-5-3-4-6-13(11)17-15(21)18-14(20)10-19-8-7-16-9-12(19)2/h11-13,16H,3-10H2,1-2H3,(H2,17,18,20,21)/t11?,12-,13?/m1/s1. The molecule has 1 saturated heterocycles. The highest BCUT2D eigenvalue weighted by Crippen LogP contribution is 2.23. The number of amides is 3. The van der Waals surface area contributed by atoms with Gasteiger partial charge in [-0.05, 0) is 25.7 Å². The van der Waals surface area contributed by atoms with E-state index in [4.69, 9.17) is 0 Å². The van der Waals surface area contributed by atoms with Crippen LogP contribution < -0.4 is 16.0 Å². The van der Waals surface area contributed by atoms with Gasteiger partial charge in [-0.3, -0.25) is 15.0 Å². The first kappa shape index (κ1) is 16.2. The first-order chi connectivity index (χ1) is 10.1. The number of imide groups is 1. The number of piperazine rings is 1. The molecule has 2 unspecified atom stereocenters. The molecule has 3 amide bonds. The van der Waals surface area contributed by atoms with Gasteiger partial charge in [0.05, 0.1) is 6.54 Å². The highest BCUT2D eigenvalue weighted by Gasteiger charge is 2.24. The van der Waals surface area contributed by atoms with E-state index in [9.17, 15) is 9.59 Å². The Balaban J connectivity index is 1.72. The Morgan fingerprint density at radius 1 is 1.24 bits per heavy atom. The van der Waals surface area contributed by atoms with Gasteiger partial charge in [-0.25, -0.2) is 4.79 Å². The smallest absolute Gasteiger partial charge is 0.321 e. The summed E-state index contributed by atoms with van der Waals surface area (Å²) < 4.78 is 0. The lowest BCUT2D eigenvalue weighted by molar-refractivity contribution is -0.121. The molecular formula is C15H28N4O2. The number of carbonyl (C=O) groups is 2. The molecule has 21 heavy (non-hydrogen) atoms.